The van der Waals surface area contributed by atoms with Gasteiger partial charge < -0.3 is 20.7 Å². The molecule has 1 aliphatic carbocycles. The summed E-state index contributed by atoms with van der Waals surface area (Å²) in [6, 6.07) is 5.40. The standard InChI is InChI=1S/C20H29N3O3.ClH/c1-2-26-18-9-7-15(20(25)23-10-4-3-5-11-23)13-17(18)22-19(24)14-6-8-16(21)12-14;/h7,9,13-14,16H,2-6,8,10-12,21H2,1H3,(H,22,24);1H. The number of rotatable bonds is 5. The topological polar surface area (TPSA) is 84.7 Å². The average molecular weight is 396 g/mol. The number of benzene rings is 1. The van der Waals surface area contributed by atoms with Crippen LogP contribution < -0.4 is 15.8 Å². The number of nitrogens with one attached hydrogen (secondary N) is 1. The summed E-state index contributed by atoms with van der Waals surface area (Å²) in [6.07, 6.45) is 5.68. The van der Waals surface area contributed by atoms with Crippen molar-refractivity contribution in [2.45, 2.75) is 51.5 Å². The molecule has 0 radical (unpaired) electrons. The van der Waals surface area contributed by atoms with Crippen molar-refractivity contribution in [3.63, 3.8) is 0 Å². The fraction of sp³-hybridized carbons (Fsp3) is 0.600. The van der Waals surface area contributed by atoms with Crippen molar-refractivity contribution in [1.29, 1.82) is 0 Å². The van der Waals surface area contributed by atoms with Crippen LogP contribution in [0.5, 0.6) is 5.75 Å². The molecule has 2 aliphatic rings. The number of hydrogen-bond donors (Lipinski definition) is 2. The van der Waals surface area contributed by atoms with E-state index in [1.807, 2.05) is 11.8 Å². The number of ether oxygens (including phenoxy) is 1. The van der Waals surface area contributed by atoms with Crippen LogP contribution in [0.25, 0.3) is 0 Å². The molecule has 7 heteroatoms. The molecule has 2 amide bonds. The number of halogens is 1. The number of likely N-dealkylation sites (tertiary alicyclic amines) is 1. The first-order chi connectivity index (χ1) is 12.6. The summed E-state index contributed by atoms with van der Waals surface area (Å²) in [5.41, 5.74) is 7.09. The number of piperidine rings is 1. The average Bonchev–Trinajstić information content (AvgIpc) is 3.10. The zero-order chi connectivity index (χ0) is 18.5. The minimum Gasteiger partial charge on any atom is -0.492 e. The minimum absolute atomic E-state index is 0. The summed E-state index contributed by atoms with van der Waals surface area (Å²) in [7, 11) is 0. The lowest BCUT2D eigenvalue weighted by molar-refractivity contribution is -0.119. The Hall–Kier alpha value is -1.79. The molecule has 2 unspecified atom stereocenters. The van der Waals surface area contributed by atoms with Crippen molar-refractivity contribution in [2.75, 3.05) is 25.0 Å². The molecule has 1 saturated carbocycles. The molecule has 2 fully saturated rings. The Bertz CT molecular complexity index is 662. The highest BCUT2D eigenvalue weighted by Crippen LogP contribution is 2.30. The van der Waals surface area contributed by atoms with Gasteiger partial charge in [-0.2, -0.15) is 0 Å². The summed E-state index contributed by atoms with van der Waals surface area (Å²) in [4.78, 5) is 27.2. The number of hydrogen-bond acceptors (Lipinski definition) is 4. The predicted molar refractivity (Wildman–Crippen MR) is 109 cm³/mol. The first kappa shape index (κ1) is 21.5. The van der Waals surface area contributed by atoms with Crippen LogP contribution in [0.3, 0.4) is 0 Å². The fourth-order valence-electron chi connectivity index (χ4n) is 3.81. The van der Waals surface area contributed by atoms with Gasteiger partial charge in [0.15, 0.2) is 0 Å². The van der Waals surface area contributed by atoms with E-state index < -0.39 is 0 Å². The quantitative estimate of drug-likeness (QED) is 0.801. The van der Waals surface area contributed by atoms with E-state index >= 15 is 0 Å². The Kier molecular flexibility index (Phi) is 7.92. The number of carbonyl (C=O) groups excluding carboxylic acids is 2. The van der Waals surface area contributed by atoms with Gasteiger partial charge in [-0.25, -0.2) is 0 Å². The highest BCUT2D eigenvalue weighted by atomic mass is 35.5. The molecule has 150 valence electrons. The second kappa shape index (κ2) is 9.95. The molecule has 1 heterocycles. The SMILES string of the molecule is CCOc1ccc(C(=O)N2CCCCC2)cc1NC(=O)C1CCC(N)C1.Cl. The van der Waals surface area contributed by atoms with Crippen LogP contribution in [-0.2, 0) is 4.79 Å². The number of amides is 2. The highest BCUT2D eigenvalue weighted by Gasteiger charge is 2.28. The van der Waals surface area contributed by atoms with Crippen LogP contribution in [0.15, 0.2) is 18.2 Å². The molecule has 27 heavy (non-hydrogen) atoms. The lowest BCUT2D eigenvalue weighted by atomic mass is 10.1. The number of nitrogens with zero attached hydrogens (tertiary/aromatic N) is 1. The first-order valence-electron chi connectivity index (χ1n) is 9.71. The zero-order valence-corrected chi connectivity index (χ0v) is 16.7. The summed E-state index contributed by atoms with van der Waals surface area (Å²) in [6.45, 7) is 3.99. The third-order valence-electron chi connectivity index (χ3n) is 5.27. The predicted octanol–water partition coefficient (Wildman–Crippen LogP) is 3.20. The van der Waals surface area contributed by atoms with Crippen molar-refractivity contribution in [3.8, 4) is 5.75 Å². The third-order valence-corrected chi connectivity index (χ3v) is 5.27. The van der Waals surface area contributed by atoms with Gasteiger partial charge in [-0.3, -0.25) is 9.59 Å². The smallest absolute Gasteiger partial charge is 0.253 e. The largest absolute Gasteiger partial charge is 0.492 e. The van der Waals surface area contributed by atoms with Crippen molar-refractivity contribution in [2.24, 2.45) is 11.7 Å². The van der Waals surface area contributed by atoms with E-state index in [1.54, 1.807) is 18.2 Å². The van der Waals surface area contributed by atoms with Gasteiger partial charge in [0.05, 0.1) is 12.3 Å². The second-order valence-corrected chi connectivity index (χ2v) is 7.26. The molecular weight excluding hydrogens is 366 g/mol. The van der Waals surface area contributed by atoms with Gasteiger partial charge in [0, 0.05) is 30.6 Å². The van der Waals surface area contributed by atoms with E-state index in [0.717, 1.165) is 38.8 Å². The first-order valence-corrected chi connectivity index (χ1v) is 9.71. The molecule has 0 spiro atoms. The minimum atomic E-state index is -0.0686. The second-order valence-electron chi connectivity index (χ2n) is 7.26. The highest BCUT2D eigenvalue weighted by molar-refractivity contribution is 5.99. The van der Waals surface area contributed by atoms with Gasteiger partial charge in [-0.15, -0.1) is 12.4 Å². The summed E-state index contributed by atoms with van der Waals surface area (Å²) in [5, 5.41) is 2.97. The van der Waals surface area contributed by atoms with Crippen molar-refractivity contribution < 1.29 is 14.3 Å². The molecule has 3 N–H and O–H groups in total. The van der Waals surface area contributed by atoms with Gasteiger partial charge in [-0.1, -0.05) is 0 Å². The summed E-state index contributed by atoms with van der Waals surface area (Å²) >= 11 is 0. The van der Waals surface area contributed by atoms with Crippen LogP contribution in [0.4, 0.5) is 5.69 Å². The molecule has 1 aliphatic heterocycles. The van der Waals surface area contributed by atoms with Gasteiger partial charge in [0.2, 0.25) is 5.91 Å². The Morgan fingerprint density at radius 2 is 1.96 bits per heavy atom. The van der Waals surface area contributed by atoms with E-state index in [0.29, 0.717) is 30.0 Å². The Labute approximate surface area is 167 Å². The van der Waals surface area contributed by atoms with Crippen molar-refractivity contribution in [3.05, 3.63) is 23.8 Å². The molecule has 1 aromatic rings. The summed E-state index contributed by atoms with van der Waals surface area (Å²) < 4.78 is 5.64. The number of nitrogens with two attached hydrogens (primary N) is 1. The molecule has 0 aromatic heterocycles. The molecule has 1 aromatic carbocycles. The molecule has 0 bridgehead atoms. The molecular formula is C20H30ClN3O3. The van der Waals surface area contributed by atoms with Crippen LogP contribution in [0.1, 0.15) is 55.8 Å². The number of carbonyl (C=O) groups is 2. The maximum atomic E-state index is 12.8. The molecule has 2 atom stereocenters. The normalized spacial score (nSPS) is 22.1. The van der Waals surface area contributed by atoms with Crippen LogP contribution in [-0.4, -0.2) is 42.5 Å². The zero-order valence-electron chi connectivity index (χ0n) is 15.9. The Balaban J connectivity index is 0.00000261. The van der Waals surface area contributed by atoms with Gasteiger partial charge >= 0.3 is 0 Å². The van der Waals surface area contributed by atoms with Crippen molar-refractivity contribution >= 4 is 29.9 Å². The maximum Gasteiger partial charge on any atom is 0.253 e. The maximum absolute atomic E-state index is 12.8. The molecule has 3 rings (SSSR count). The van der Waals surface area contributed by atoms with E-state index in [-0.39, 0.29) is 36.2 Å². The third kappa shape index (κ3) is 5.36. The Morgan fingerprint density at radius 3 is 2.59 bits per heavy atom. The van der Waals surface area contributed by atoms with Gasteiger partial charge in [0.25, 0.3) is 5.91 Å². The van der Waals surface area contributed by atoms with E-state index in [4.69, 9.17) is 10.5 Å². The fourth-order valence-corrected chi connectivity index (χ4v) is 3.81. The van der Waals surface area contributed by atoms with E-state index in [9.17, 15) is 9.59 Å². The monoisotopic (exact) mass is 395 g/mol. The molecule has 6 nitrogen and oxygen atoms in total. The van der Waals surface area contributed by atoms with Gasteiger partial charge in [-0.05, 0) is 63.6 Å². The molecule has 1 saturated heterocycles. The lowest BCUT2D eigenvalue weighted by Gasteiger charge is -2.27. The summed E-state index contributed by atoms with van der Waals surface area (Å²) in [5.74, 6) is 0.506. The van der Waals surface area contributed by atoms with Crippen LogP contribution in [0.2, 0.25) is 0 Å². The number of anilines is 1. The van der Waals surface area contributed by atoms with Crippen molar-refractivity contribution in [1.82, 2.24) is 4.90 Å². The Morgan fingerprint density at radius 1 is 1.22 bits per heavy atom. The van der Waals surface area contributed by atoms with Crippen LogP contribution >= 0.6 is 12.4 Å². The van der Waals surface area contributed by atoms with Crippen LogP contribution in [0, 0.1) is 5.92 Å². The van der Waals surface area contributed by atoms with E-state index in [2.05, 4.69) is 5.32 Å². The van der Waals surface area contributed by atoms with Gasteiger partial charge in [0.1, 0.15) is 5.75 Å². The van der Waals surface area contributed by atoms with E-state index in [1.165, 1.54) is 6.42 Å². The lowest BCUT2D eigenvalue weighted by Crippen LogP contribution is -2.35.